The fraction of sp³-hybridized carbons (Fsp3) is 0.455. The van der Waals surface area contributed by atoms with Crippen molar-refractivity contribution in [2.75, 3.05) is 13.1 Å². The third-order valence-electron chi connectivity index (χ3n) is 2.95. The Kier molecular flexibility index (Phi) is 4.00. The van der Waals surface area contributed by atoms with Crippen molar-refractivity contribution in [3.63, 3.8) is 0 Å². The molecule has 18 heavy (non-hydrogen) atoms. The third-order valence-corrected chi connectivity index (χ3v) is 5.25. The molecular formula is C11H12BrN3O2S. The van der Waals surface area contributed by atoms with Gasteiger partial charge >= 0.3 is 0 Å². The Morgan fingerprint density at radius 3 is 2.61 bits per heavy atom. The zero-order valence-corrected chi connectivity index (χ0v) is 12.0. The van der Waals surface area contributed by atoms with Gasteiger partial charge in [-0.05, 0) is 34.8 Å². The first-order valence-electron chi connectivity index (χ1n) is 5.54. The molecule has 0 unspecified atom stereocenters. The maximum atomic E-state index is 12.3. The molecule has 0 radical (unpaired) electrons. The third kappa shape index (κ3) is 2.71. The molecule has 0 atom stereocenters. The van der Waals surface area contributed by atoms with Gasteiger partial charge in [-0.15, -0.1) is 0 Å². The van der Waals surface area contributed by atoms with Crippen molar-refractivity contribution >= 4 is 26.0 Å². The van der Waals surface area contributed by atoms with Crippen molar-refractivity contribution in [1.82, 2.24) is 9.29 Å². The summed E-state index contributed by atoms with van der Waals surface area (Å²) in [6, 6.07) is 3.72. The van der Waals surface area contributed by atoms with Gasteiger partial charge in [0.25, 0.3) is 0 Å². The minimum atomic E-state index is -3.48. The van der Waals surface area contributed by atoms with E-state index in [4.69, 9.17) is 5.26 Å². The molecule has 2 rings (SSSR count). The van der Waals surface area contributed by atoms with E-state index in [2.05, 4.69) is 27.0 Å². The number of aromatic nitrogens is 1. The highest BCUT2D eigenvalue weighted by molar-refractivity contribution is 9.10. The standard InChI is InChI=1S/C11H12BrN3O2S/c12-10-5-11(8-14-7-10)18(16,17)15-3-1-9(6-13)2-4-15/h5,7-9H,1-4H2. The molecule has 1 aliphatic heterocycles. The van der Waals surface area contributed by atoms with E-state index in [-0.39, 0.29) is 10.8 Å². The van der Waals surface area contributed by atoms with Crippen LogP contribution in [-0.4, -0.2) is 30.8 Å². The van der Waals surface area contributed by atoms with Gasteiger partial charge in [0.05, 0.1) is 6.07 Å². The second kappa shape index (κ2) is 5.34. The van der Waals surface area contributed by atoms with E-state index in [1.165, 1.54) is 10.5 Å². The molecule has 0 saturated carbocycles. The van der Waals surface area contributed by atoms with Gasteiger partial charge in [-0.1, -0.05) is 0 Å². The van der Waals surface area contributed by atoms with Crippen molar-refractivity contribution in [1.29, 1.82) is 5.26 Å². The summed E-state index contributed by atoms with van der Waals surface area (Å²) >= 11 is 3.21. The first-order chi connectivity index (χ1) is 8.54. The first kappa shape index (κ1) is 13.5. The molecule has 0 amide bonds. The molecular weight excluding hydrogens is 318 g/mol. The average Bonchev–Trinajstić information content (AvgIpc) is 2.39. The van der Waals surface area contributed by atoms with E-state index in [0.29, 0.717) is 30.4 Å². The molecule has 0 spiro atoms. The van der Waals surface area contributed by atoms with E-state index in [1.807, 2.05) is 0 Å². The van der Waals surface area contributed by atoms with Crippen LogP contribution < -0.4 is 0 Å². The number of hydrogen-bond acceptors (Lipinski definition) is 4. The van der Waals surface area contributed by atoms with Crippen LogP contribution in [0.1, 0.15) is 12.8 Å². The Hall–Kier alpha value is -0.970. The number of piperidine rings is 1. The summed E-state index contributed by atoms with van der Waals surface area (Å²) in [7, 11) is -3.48. The van der Waals surface area contributed by atoms with E-state index in [1.54, 1.807) is 12.3 Å². The quantitative estimate of drug-likeness (QED) is 0.828. The van der Waals surface area contributed by atoms with Gasteiger partial charge in [-0.25, -0.2) is 8.42 Å². The predicted molar refractivity (Wildman–Crippen MR) is 69.0 cm³/mol. The van der Waals surface area contributed by atoms with Crippen LogP contribution in [-0.2, 0) is 10.0 Å². The molecule has 1 aliphatic rings. The Balaban J connectivity index is 2.20. The number of rotatable bonds is 2. The topological polar surface area (TPSA) is 74.1 Å². The zero-order chi connectivity index (χ0) is 13.2. The molecule has 0 N–H and O–H groups in total. The average molecular weight is 330 g/mol. The second-order valence-corrected chi connectivity index (χ2v) is 7.00. The SMILES string of the molecule is N#CC1CCN(S(=O)(=O)c2cncc(Br)c2)CC1. The lowest BCUT2D eigenvalue weighted by atomic mass is 10.0. The summed E-state index contributed by atoms with van der Waals surface area (Å²) in [5.74, 6) is -0.0305. The van der Waals surface area contributed by atoms with Gasteiger partial charge in [0.2, 0.25) is 10.0 Å². The summed E-state index contributed by atoms with van der Waals surface area (Å²) < 4.78 is 26.7. The Labute approximate surface area is 115 Å². The molecule has 1 aromatic rings. The number of halogens is 1. The van der Waals surface area contributed by atoms with Gasteiger partial charge in [0, 0.05) is 35.9 Å². The first-order valence-corrected chi connectivity index (χ1v) is 7.77. The number of nitriles is 1. The maximum absolute atomic E-state index is 12.3. The lowest BCUT2D eigenvalue weighted by Gasteiger charge is -2.28. The number of nitrogens with zero attached hydrogens (tertiary/aromatic N) is 3. The van der Waals surface area contributed by atoms with Crippen LogP contribution in [0.25, 0.3) is 0 Å². The minimum absolute atomic E-state index is 0.0305. The van der Waals surface area contributed by atoms with Crippen LogP contribution in [0.15, 0.2) is 27.8 Å². The molecule has 5 nitrogen and oxygen atoms in total. The van der Waals surface area contributed by atoms with E-state index in [0.717, 1.165) is 0 Å². The van der Waals surface area contributed by atoms with Crippen LogP contribution in [0.4, 0.5) is 0 Å². The van der Waals surface area contributed by atoms with Crippen LogP contribution in [0.5, 0.6) is 0 Å². The summed E-state index contributed by atoms with van der Waals surface area (Å²) in [5.41, 5.74) is 0. The number of hydrogen-bond donors (Lipinski definition) is 0. The van der Waals surface area contributed by atoms with E-state index in [9.17, 15) is 8.42 Å². The molecule has 1 fully saturated rings. The van der Waals surface area contributed by atoms with Gasteiger partial charge in [-0.3, -0.25) is 4.98 Å². The van der Waals surface area contributed by atoms with E-state index >= 15 is 0 Å². The van der Waals surface area contributed by atoms with Crippen LogP contribution in [0.2, 0.25) is 0 Å². The summed E-state index contributed by atoms with van der Waals surface area (Å²) in [5, 5.41) is 8.80. The molecule has 1 saturated heterocycles. The Morgan fingerprint density at radius 2 is 2.06 bits per heavy atom. The summed E-state index contributed by atoms with van der Waals surface area (Å²) in [6.45, 7) is 0.792. The molecule has 1 aromatic heterocycles. The summed E-state index contributed by atoms with van der Waals surface area (Å²) in [4.78, 5) is 4.06. The normalized spacial score (nSPS) is 18.4. The highest BCUT2D eigenvalue weighted by Gasteiger charge is 2.29. The maximum Gasteiger partial charge on any atom is 0.244 e. The lowest BCUT2D eigenvalue weighted by Crippen LogP contribution is -2.38. The van der Waals surface area contributed by atoms with Gasteiger partial charge in [0.1, 0.15) is 4.90 Å². The van der Waals surface area contributed by atoms with Crippen molar-refractivity contribution in [2.45, 2.75) is 17.7 Å². The summed E-state index contributed by atoms with van der Waals surface area (Å²) in [6.07, 6.45) is 4.08. The molecule has 0 bridgehead atoms. The van der Waals surface area contributed by atoms with Gasteiger partial charge < -0.3 is 0 Å². The minimum Gasteiger partial charge on any atom is -0.262 e. The smallest absolute Gasteiger partial charge is 0.244 e. The highest BCUT2D eigenvalue weighted by Crippen LogP contribution is 2.24. The number of pyridine rings is 1. The van der Waals surface area contributed by atoms with Crippen molar-refractivity contribution in [3.05, 3.63) is 22.9 Å². The highest BCUT2D eigenvalue weighted by atomic mass is 79.9. The number of sulfonamides is 1. The van der Waals surface area contributed by atoms with Gasteiger partial charge in [0.15, 0.2) is 0 Å². The molecule has 0 aliphatic carbocycles. The molecule has 7 heteroatoms. The Bertz CT molecular complexity index is 574. The molecule has 96 valence electrons. The second-order valence-electron chi connectivity index (χ2n) is 4.15. The van der Waals surface area contributed by atoms with Crippen molar-refractivity contribution < 1.29 is 8.42 Å². The predicted octanol–water partition coefficient (Wildman–Crippen LogP) is 1.77. The van der Waals surface area contributed by atoms with Crippen LogP contribution in [0, 0.1) is 17.2 Å². The van der Waals surface area contributed by atoms with Crippen molar-refractivity contribution in [3.8, 4) is 6.07 Å². The fourth-order valence-corrected chi connectivity index (χ4v) is 3.88. The van der Waals surface area contributed by atoms with Crippen LogP contribution in [0.3, 0.4) is 0 Å². The zero-order valence-electron chi connectivity index (χ0n) is 9.58. The fourth-order valence-electron chi connectivity index (χ4n) is 1.91. The molecule has 0 aromatic carbocycles. The van der Waals surface area contributed by atoms with Crippen molar-refractivity contribution in [2.24, 2.45) is 5.92 Å². The largest absolute Gasteiger partial charge is 0.262 e. The van der Waals surface area contributed by atoms with Gasteiger partial charge in [-0.2, -0.15) is 9.57 Å². The van der Waals surface area contributed by atoms with Crippen LogP contribution >= 0.6 is 15.9 Å². The Morgan fingerprint density at radius 1 is 1.39 bits per heavy atom. The van der Waals surface area contributed by atoms with E-state index < -0.39 is 10.0 Å². The lowest BCUT2D eigenvalue weighted by molar-refractivity contribution is 0.310. The molecule has 2 heterocycles. The monoisotopic (exact) mass is 329 g/mol.